The van der Waals surface area contributed by atoms with Gasteiger partial charge in [-0.1, -0.05) is 27.7 Å². The van der Waals surface area contributed by atoms with Crippen molar-refractivity contribution in [2.45, 2.75) is 47.0 Å². The van der Waals surface area contributed by atoms with E-state index in [4.69, 9.17) is 0 Å². The molecule has 16 heavy (non-hydrogen) atoms. The molecule has 0 radical (unpaired) electrons. The van der Waals surface area contributed by atoms with Gasteiger partial charge in [0.05, 0.1) is 6.54 Å². The van der Waals surface area contributed by atoms with Gasteiger partial charge in [0.25, 0.3) is 0 Å². The molecule has 1 rings (SSSR count). The van der Waals surface area contributed by atoms with Crippen LogP contribution in [0.2, 0.25) is 0 Å². The summed E-state index contributed by atoms with van der Waals surface area (Å²) in [5.41, 5.74) is 0. The normalized spacial score (nSPS) is 23.8. The van der Waals surface area contributed by atoms with Crippen molar-refractivity contribution >= 4 is 5.78 Å². The van der Waals surface area contributed by atoms with Gasteiger partial charge in [0.2, 0.25) is 0 Å². The molecule has 0 amide bonds. The van der Waals surface area contributed by atoms with Gasteiger partial charge in [0.15, 0.2) is 0 Å². The Hall–Kier alpha value is -0.370. The highest BCUT2D eigenvalue weighted by atomic mass is 16.1. The zero-order valence-electron chi connectivity index (χ0n) is 11.3. The Labute approximate surface area is 100 Å². The van der Waals surface area contributed by atoms with Crippen molar-refractivity contribution in [3.63, 3.8) is 0 Å². The van der Waals surface area contributed by atoms with Crippen LogP contribution in [0.4, 0.5) is 0 Å². The van der Waals surface area contributed by atoms with E-state index in [2.05, 4.69) is 18.7 Å². The fourth-order valence-electron chi connectivity index (χ4n) is 2.41. The van der Waals surface area contributed by atoms with Crippen LogP contribution in [0.15, 0.2) is 0 Å². The molecule has 2 nitrogen and oxygen atoms in total. The fourth-order valence-corrected chi connectivity index (χ4v) is 2.41. The molecule has 0 saturated carbocycles. The first-order valence-electron chi connectivity index (χ1n) is 6.75. The lowest BCUT2D eigenvalue weighted by Crippen LogP contribution is -2.32. The highest BCUT2D eigenvalue weighted by molar-refractivity contribution is 5.82. The molecule has 1 aliphatic rings. The average Bonchev–Trinajstić information content (AvgIpc) is 2.43. The van der Waals surface area contributed by atoms with E-state index in [0.29, 0.717) is 12.3 Å². The third kappa shape index (κ3) is 4.25. The third-order valence-electron chi connectivity index (χ3n) is 3.83. The zero-order chi connectivity index (χ0) is 12.1. The third-order valence-corrected chi connectivity index (χ3v) is 3.83. The zero-order valence-corrected chi connectivity index (χ0v) is 11.3. The highest BCUT2D eigenvalue weighted by Gasteiger charge is 2.21. The van der Waals surface area contributed by atoms with E-state index in [1.807, 2.05) is 13.8 Å². The largest absolute Gasteiger partial charge is 0.298 e. The molecule has 1 fully saturated rings. The number of rotatable bonds is 4. The second-order valence-electron chi connectivity index (χ2n) is 5.83. The molecule has 0 aromatic heterocycles. The van der Waals surface area contributed by atoms with Crippen molar-refractivity contribution in [2.75, 3.05) is 19.6 Å². The van der Waals surface area contributed by atoms with Crippen LogP contribution in [0.1, 0.15) is 47.0 Å². The summed E-state index contributed by atoms with van der Waals surface area (Å²) in [5.74, 6) is 2.23. The van der Waals surface area contributed by atoms with Crippen LogP contribution in [0, 0.1) is 17.8 Å². The van der Waals surface area contributed by atoms with Crippen LogP contribution in [0.25, 0.3) is 0 Å². The van der Waals surface area contributed by atoms with Crippen LogP contribution < -0.4 is 0 Å². The van der Waals surface area contributed by atoms with Gasteiger partial charge in [0.1, 0.15) is 5.78 Å². The van der Waals surface area contributed by atoms with Gasteiger partial charge in [-0.05, 0) is 44.2 Å². The maximum Gasteiger partial charge on any atom is 0.149 e. The number of ketones is 1. The van der Waals surface area contributed by atoms with Gasteiger partial charge in [0, 0.05) is 5.92 Å². The summed E-state index contributed by atoms with van der Waals surface area (Å²) in [7, 11) is 0. The van der Waals surface area contributed by atoms with Crippen LogP contribution in [-0.4, -0.2) is 30.3 Å². The van der Waals surface area contributed by atoms with Gasteiger partial charge in [-0.15, -0.1) is 0 Å². The quantitative estimate of drug-likeness (QED) is 0.733. The van der Waals surface area contributed by atoms with E-state index < -0.39 is 0 Å². The Morgan fingerprint density at radius 1 is 1.19 bits per heavy atom. The Balaban J connectivity index is 2.38. The smallest absolute Gasteiger partial charge is 0.149 e. The van der Waals surface area contributed by atoms with Gasteiger partial charge in [-0.2, -0.15) is 0 Å². The fraction of sp³-hybridized carbons (Fsp3) is 0.929. The molecule has 1 aliphatic heterocycles. The summed E-state index contributed by atoms with van der Waals surface area (Å²) >= 11 is 0. The van der Waals surface area contributed by atoms with Crippen molar-refractivity contribution in [1.29, 1.82) is 0 Å². The molecule has 94 valence electrons. The number of Topliss-reactive ketones (excluding diaryl/α,β-unsaturated/α-hetero) is 1. The summed E-state index contributed by atoms with van der Waals surface area (Å²) in [6.45, 7) is 11.5. The van der Waals surface area contributed by atoms with Gasteiger partial charge in [-0.3, -0.25) is 9.69 Å². The number of nitrogens with zero attached hydrogens (tertiary/aromatic N) is 1. The molecule has 0 aromatic rings. The predicted molar refractivity (Wildman–Crippen MR) is 68.5 cm³/mol. The molecule has 1 heterocycles. The van der Waals surface area contributed by atoms with E-state index in [0.717, 1.165) is 24.9 Å². The lowest BCUT2D eigenvalue weighted by Gasteiger charge is -2.21. The Bertz CT molecular complexity index is 223. The number of hydrogen-bond donors (Lipinski definition) is 0. The summed E-state index contributed by atoms with van der Waals surface area (Å²) in [5, 5.41) is 0. The van der Waals surface area contributed by atoms with Crippen LogP contribution in [0.5, 0.6) is 0 Å². The minimum absolute atomic E-state index is 0.184. The standard InChI is InChI=1S/C14H27NO/c1-11(2)13-6-5-8-15(9-7-13)10-14(16)12(3)4/h11-13H,5-10H2,1-4H3. The molecule has 0 aromatic carbocycles. The molecule has 1 saturated heterocycles. The minimum Gasteiger partial charge on any atom is -0.298 e. The van der Waals surface area contributed by atoms with Crippen molar-refractivity contribution in [1.82, 2.24) is 4.90 Å². The van der Waals surface area contributed by atoms with E-state index in [-0.39, 0.29) is 5.92 Å². The lowest BCUT2D eigenvalue weighted by atomic mass is 9.89. The molecule has 0 N–H and O–H groups in total. The van der Waals surface area contributed by atoms with Crippen molar-refractivity contribution < 1.29 is 4.79 Å². The SMILES string of the molecule is CC(C)C(=O)CN1CCCC(C(C)C)CC1. The van der Waals surface area contributed by atoms with Crippen molar-refractivity contribution in [3.05, 3.63) is 0 Å². The highest BCUT2D eigenvalue weighted by Crippen LogP contribution is 2.24. The second kappa shape index (κ2) is 6.39. The maximum atomic E-state index is 11.7. The molecular weight excluding hydrogens is 198 g/mol. The average molecular weight is 225 g/mol. The number of carbonyl (C=O) groups is 1. The Morgan fingerprint density at radius 2 is 1.88 bits per heavy atom. The Morgan fingerprint density at radius 3 is 2.44 bits per heavy atom. The number of likely N-dealkylation sites (tertiary alicyclic amines) is 1. The molecular formula is C14H27NO. The summed E-state index contributed by atoms with van der Waals surface area (Å²) in [6, 6.07) is 0. The first kappa shape index (κ1) is 13.7. The van der Waals surface area contributed by atoms with Crippen LogP contribution >= 0.6 is 0 Å². The topological polar surface area (TPSA) is 20.3 Å². The summed E-state index contributed by atoms with van der Waals surface area (Å²) in [4.78, 5) is 14.0. The minimum atomic E-state index is 0.184. The predicted octanol–water partition coefficient (Wildman–Crippen LogP) is 2.97. The first-order valence-corrected chi connectivity index (χ1v) is 6.75. The van der Waals surface area contributed by atoms with Gasteiger partial charge in [-0.25, -0.2) is 0 Å². The van der Waals surface area contributed by atoms with E-state index in [1.54, 1.807) is 0 Å². The van der Waals surface area contributed by atoms with Crippen molar-refractivity contribution in [2.24, 2.45) is 17.8 Å². The second-order valence-corrected chi connectivity index (χ2v) is 5.83. The number of hydrogen-bond acceptors (Lipinski definition) is 2. The van der Waals surface area contributed by atoms with Gasteiger partial charge >= 0.3 is 0 Å². The molecule has 2 heteroatoms. The van der Waals surface area contributed by atoms with Crippen LogP contribution in [-0.2, 0) is 4.79 Å². The molecule has 0 bridgehead atoms. The number of carbonyl (C=O) groups excluding carboxylic acids is 1. The van der Waals surface area contributed by atoms with Gasteiger partial charge < -0.3 is 0 Å². The van der Waals surface area contributed by atoms with E-state index in [1.165, 1.54) is 19.3 Å². The monoisotopic (exact) mass is 225 g/mol. The lowest BCUT2D eigenvalue weighted by molar-refractivity contribution is -0.123. The summed E-state index contributed by atoms with van der Waals surface area (Å²) < 4.78 is 0. The molecule has 0 aliphatic carbocycles. The van der Waals surface area contributed by atoms with E-state index >= 15 is 0 Å². The van der Waals surface area contributed by atoms with Crippen LogP contribution in [0.3, 0.4) is 0 Å². The molecule has 1 unspecified atom stereocenters. The first-order chi connectivity index (χ1) is 7.50. The Kier molecular flexibility index (Phi) is 5.47. The van der Waals surface area contributed by atoms with E-state index in [9.17, 15) is 4.79 Å². The summed E-state index contributed by atoms with van der Waals surface area (Å²) in [6.07, 6.45) is 3.86. The molecule has 0 spiro atoms. The van der Waals surface area contributed by atoms with Crippen molar-refractivity contribution in [3.8, 4) is 0 Å². The maximum absolute atomic E-state index is 11.7. The molecule has 1 atom stereocenters.